The molecule has 1 aromatic carbocycles. The zero-order valence-corrected chi connectivity index (χ0v) is 12.6. The number of alkyl halides is 3. The fourth-order valence-electron chi connectivity index (χ4n) is 2.10. The van der Waals surface area contributed by atoms with Crippen LogP contribution in [-0.4, -0.2) is 57.0 Å². The van der Waals surface area contributed by atoms with Crippen LogP contribution in [-0.2, 0) is 16.4 Å². The van der Waals surface area contributed by atoms with Crippen molar-refractivity contribution in [2.45, 2.75) is 23.5 Å². The van der Waals surface area contributed by atoms with Gasteiger partial charge in [0, 0.05) is 19.1 Å². The second-order valence-electron chi connectivity index (χ2n) is 5.38. The number of sulfonamides is 1. The second-order valence-corrected chi connectivity index (χ2v) is 7.31. The van der Waals surface area contributed by atoms with Gasteiger partial charge in [0.25, 0.3) is 0 Å². The Bertz CT molecular complexity index is 591. The van der Waals surface area contributed by atoms with Crippen molar-refractivity contribution in [2.75, 3.05) is 27.2 Å². The Hall–Kier alpha value is -1.12. The number of hydrogen-bond acceptors (Lipinski definition) is 3. The Morgan fingerprint density at radius 2 is 1.71 bits per heavy atom. The van der Waals surface area contributed by atoms with E-state index in [2.05, 4.69) is 0 Å². The van der Waals surface area contributed by atoms with E-state index in [4.69, 9.17) is 0 Å². The van der Waals surface area contributed by atoms with Crippen LogP contribution in [0, 0.1) is 0 Å². The molecule has 0 radical (unpaired) electrons. The van der Waals surface area contributed by atoms with E-state index in [1.54, 1.807) is 0 Å². The number of hydrogen-bond donors (Lipinski definition) is 0. The first-order chi connectivity index (χ1) is 9.59. The Kier molecular flexibility index (Phi) is 4.32. The smallest absolute Gasteiger partial charge is 0.304 e. The van der Waals surface area contributed by atoms with Crippen LogP contribution in [0.2, 0.25) is 0 Å². The summed E-state index contributed by atoms with van der Waals surface area (Å²) in [5.41, 5.74) is 0.0521. The molecule has 21 heavy (non-hydrogen) atoms. The van der Waals surface area contributed by atoms with Crippen LogP contribution in [0.5, 0.6) is 0 Å². The molecule has 1 aliphatic heterocycles. The molecule has 1 saturated heterocycles. The summed E-state index contributed by atoms with van der Waals surface area (Å²) in [7, 11) is 0.147. The molecule has 1 aromatic rings. The summed E-state index contributed by atoms with van der Waals surface area (Å²) in [6, 6.07) is 5.08. The summed E-state index contributed by atoms with van der Waals surface area (Å²) in [6.07, 6.45) is -5.35. The molecule has 1 aliphatic rings. The van der Waals surface area contributed by atoms with Crippen molar-refractivity contribution in [1.29, 1.82) is 0 Å². The predicted octanol–water partition coefficient (Wildman–Crippen LogP) is 1.73. The van der Waals surface area contributed by atoms with Gasteiger partial charge in [0.05, 0.1) is 11.3 Å². The fourth-order valence-corrected chi connectivity index (χ4v) is 3.61. The molecule has 0 amide bonds. The van der Waals surface area contributed by atoms with E-state index in [-0.39, 0.29) is 16.5 Å². The van der Waals surface area contributed by atoms with Gasteiger partial charge in [0.1, 0.15) is 0 Å². The highest BCUT2D eigenvalue weighted by molar-refractivity contribution is 7.89. The van der Waals surface area contributed by atoms with Gasteiger partial charge in [0.15, 0.2) is 0 Å². The minimum Gasteiger partial charge on any atom is -0.304 e. The Labute approximate surface area is 122 Å². The maximum atomic E-state index is 12.3. The molecule has 1 heterocycles. The van der Waals surface area contributed by atoms with Gasteiger partial charge in [-0.05, 0) is 31.8 Å². The molecule has 0 bridgehead atoms. The lowest BCUT2D eigenvalue weighted by atomic mass is 10.1. The van der Waals surface area contributed by atoms with E-state index in [9.17, 15) is 21.6 Å². The van der Waals surface area contributed by atoms with E-state index in [0.29, 0.717) is 13.1 Å². The van der Waals surface area contributed by atoms with Gasteiger partial charge in [-0.3, -0.25) is 0 Å². The average molecular weight is 322 g/mol. The third-order valence-electron chi connectivity index (χ3n) is 3.52. The Morgan fingerprint density at radius 3 is 2.14 bits per heavy atom. The SMILES string of the molecule is CN(C)C1CN(S(=O)(=O)c2ccc(CC(F)(F)F)cc2)C1. The van der Waals surface area contributed by atoms with Gasteiger partial charge < -0.3 is 4.90 Å². The summed E-state index contributed by atoms with van der Waals surface area (Å²) in [5.74, 6) is 0. The molecule has 0 aromatic heterocycles. The van der Waals surface area contributed by atoms with E-state index in [1.165, 1.54) is 28.6 Å². The lowest BCUT2D eigenvalue weighted by molar-refractivity contribution is -0.127. The van der Waals surface area contributed by atoms with Gasteiger partial charge in [-0.2, -0.15) is 17.5 Å². The van der Waals surface area contributed by atoms with Crippen LogP contribution in [0.15, 0.2) is 29.2 Å². The minimum absolute atomic E-state index is 0.0330. The first kappa shape index (κ1) is 16.3. The van der Waals surface area contributed by atoms with Crippen molar-refractivity contribution in [2.24, 2.45) is 0 Å². The fraction of sp³-hybridized carbons (Fsp3) is 0.538. The summed E-state index contributed by atoms with van der Waals surface area (Å²) >= 11 is 0. The van der Waals surface area contributed by atoms with Gasteiger partial charge in [0.2, 0.25) is 10.0 Å². The van der Waals surface area contributed by atoms with E-state index in [0.717, 1.165) is 0 Å². The minimum atomic E-state index is -4.29. The lowest BCUT2D eigenvalue weighted by Gasteiger charge is -2.41. The van der Waals surface area contributed by atoms with Crippen molar-refractivity contribution in [1.82, 2.24) is 9.21 Å². The molecule has 118 valence electrons. The second kappa shape index (κ2) is 5.58. The molecule has 8 heteroatoms. The van der Waals surface area contributed by atoms with E-state index >= 15 is 0 Å². The highest BCUT2D eigenvalue weighted by Crippen LogP contribution is 2.25. The standard InChI is InChI=1S/C13H17F3N2O2S/c1-17(2)11-8-18(9-11)21(19,20)12-5-3-10(4-6-12)7-13(14,15)16/h3-6,11H,7-9H2,1-2H3. The van der Waals surface area contributed by atoms with Gasteiger partial charge in [-0.25, -0.2) is 8.42 Å². The topological polar surface area (TPSA) is 40.6 Å². The van der Waals surface area contributed by atoms with Crippen LogP contribution in [0.4, 0.5) is 13.2 Å². The highest BCUT2D eigenvalue weighted by atomic mass is 32.2. The number of rotatable bonds is 4. The molecular formula is C13H17F3N2O2S. The van der Waals surface area contributed by atoms with E-state index in [1.807, 2.05) is 19.0 Å². The molecule has 0 spiro atoms. The quantitative estimate of drug-likeness (QED) is 0.848. The van der Waals surface area contributed by atoms with Gasteiger partial charge >= 0.3 is 6.18 Å². The number of halogens is 3. The van der Waals surface area contributed by atoms with Crippen molar-refractivity contribution >= 4 is 10.0 Å². The monoisotopic (exact) mass is 322 g/mol. The lowest BCUT2D eigenvalue weighted by Crippen LogP contribution is -2.58. The predicted molar refractivity (Wildman–Crippen MR) is 72.4 cm³/mol. The van der Waals surface area contributed by atoms with Crippen molar-refractivity contribution in [3.63, 3.8) is 0 Å². The van der Waals surface area contributed by atoms with E-state index < -0.39 is 22.6 Å². The summed E-state index contributed by atoms with van der Waals surface area (Å²) < 4.78 is 62.6. The largest absolute Gasteiger partial charge is 0.393 e. The van der Waals surface area contributed by atoms with Crippen molar-refractivity contribution < 1.29 is 21.6 Å². The maximum absolute atomic E-state index is 12.3. The number of nitrogens with zero attached hydrogens (tertiary/aromatic N) is 2. The molecule has 4 nitrogen and oxygen atoms in total. The van der Waals surface area contributed by atoms with Gasteiger partial charge in [-0.15, -0.1) is 0 Å². The molecule has 0 unspecified atom stereocenters. The molecular weight excluding hydrogens is 305 g/mol. The number of benzene rings is 1. The average Bonchev–Trinajstić information content (AvgIpc) is 2.24. The van der Waals surface area contributed by atoms with Crippen LogP contribution < -0.4 is 0 Å². The molecule has 0 saturated carbocycles. The van der Waals surface area contributed by atoms with Crippen LogP contribution in [0.3, 0.4) is 0 Å². The Balaban J connectivity index is 2.08. The summed E-state index contributed by atoms with van der Waals surface area (Å²) in [4.78, 5) is 1.98. The molecule has 0 atom stereocenters. The maximum Gasteiger partial charge on any atom is 0.393 e. The third kappa shape index (κ3) is 3.75. The van der Waals surface area contributed by atoms with Gasteiger partial charge in [-0.1, -0.05) is 12.1 Å². The third-order valence-corrected chi connectivity index (χ3v) is 5.37. The van der Waals surface area contributed by atoms with Crippen molar-refractivity contribution in [3.8, 4) is 0 Å². The molecule has 0 aliphatic carbocycles. The zero-order valence-electron chi connectivity index (χ0n) is 11.8. The normalized spacial score (nSPS) is 18.0. The molecule has 1 fully saturated rings. The summed E-state index contributed by atoms with van der Waals surface area (Å²) in [6.45, 7) is 0.805. The zero-order chi connectivity index (χ0) is 15.8. The number of likely N-dealkylation sites (N-methyl/N-ethyl adjacent to an activating group) is 1. The van der Waals surface area contributed by atoms with Crippen LogP contribution in [0.25, 0.3) is 0 Å². The molecule has 0 N–H and O–H groups in total. The van der Waals surface area contributed by atoms with Crippen LogP contribution in [0.1, 0.15) is 5.56 Å². The summed E-state index contributed by atoms with van der Waals surface area (Å²) in [5, 5.41) is 0. The highest BCUT2D eigenvalue weighted by Gasteiger charge is 2.37. The molecule has 2 rings (SSSR count). The Morgan fingerprint density at radius 1 is 1.19 bits per heavy atom. The van der Waals surface area contributed by atoms with Crippen LogP contribution >= 0.6 is 0 Å². The first-order valence-corrected chi connectivity index (χ1v) is 7.86. The van der Waals surface area contributed by atoms with Crippen molar-refractivity contribution in [3.05, 3.63) is 29.8 Å². The first-order valence-electron chi connectivity index (χ1n) is 6.42.